The lowest BCUT2D eigenvalue weighted by Crippen LogP contribution is -2.13. The standard InChI is InChI=1S/C14H12ClN5O2S2/c15-9-1-3-10(4-2-9)17-7-12-19-20-14(22-12)24-8-11(21)18-13-16-5-6-23-13/h1-6,17H,7-8H2,(H,16,18,21). The zero-order chi connectivity index (χ0) is 16.8. The third-order valence-electron chi connectivity index (χ3n) is 2.74. The Hall–Kier alpha value is -2.10. The third kappa shape index (κ3) is 4.95. The fourth-order valence-corrected chi connectivity index (χ4v) is 2.93. The number of nitrogens with zero attached hydrogens (tertiary/aromatic N) is 3. The Balaban J connectivity index is 1.45. The number of anilines is 2. The van der Waals surface area contributed by atoms with Gasteiger partial charge in [-0.15, -0.1) is 21.5 Å². The summed E-state index contributed by atoms with van der Waals surface area (Å²) in [5.74, 6) is 0.438. The van der Waals surface area contributed by atoms with Gasteiger partial charge in [0.2, 0.25) is 11.8 Å². The Morgan fingerprint density at radius 3 is 2.88 bits per heavy atom. The Morgan fingerprint density at radius 2 is 2.12 bits per heavy atom. The molecule has 1 aromatic carbocycles. The van der Waals surface area contributed by atoms with Crippen LogP contribution in [0.15, 0.2) is 45.5 Å². The summed E-state index contributed by atoms with van der Waals surface area (Å²) < 4.78 is 5.47. The van der Waals surface area contributed by atoms with Gasteiger partial charge in [-0.1, -0.05) is 23.4 Å². The summed E-state index contributed by atoms with van der Waals surface area (Å²) in [6.07, 6.45) is 1.63. The van der Waals surface area contributed by atoms with Crippen LogP contribution in [0.3, 0.4) is 0 Å². The molecule has 3 aromatic rings. The quantitative estimate of drug-likeness (QED) is 0.604. The first-order valence-electron chi connectivity index (χ1n) is 6.83. The van der Waals surface area contributed by atoms with Crippen molar-refractivity contribution in [2.75, 3.05) is 16.4 Å². The van der Waals surface area contributed by atoms with Crippen LogP contribution in [0.5, 0.6) is 0 Å². The molecule has 0 radical (unpaired) electrons. The normalized spacial score (nSPS) is 10.5. The van der Waals surface area contributed by atoms with E-state index in [0.29, 0.717) is 27.8 Å². The maximum Gasteiger partial charge on any atom is 0.277 e. The number of hydrogen-bond donors (Lipinski definition) is 2. The lowest BCUT2D eigenvalue weighted by Gasteiger charge is -2.02. The molecule has 0 bridgehead atoms. The van der Waals surface area contributed by atoms with E-state index in [1.807, 2.05) is 12.1 Å². The Morgan fingerprint density at radius 1 is 1.29 bits per heavy atom. The number of hydrogen-bond acceptors (Lipinski definition) is 8. The molecule has 24 heavy (non-hydrogen) atoms. The van der Waals surface area contributed by atoms with Crippen molar-refractivity contribution in [1.29, 1.82) is 0 Å². The van der Waals surface area contributed by atoms with Gasteiger partial charge in [0, 0.05) is 22.3 Å². The molecule has 1 amide bonds. The summed E-state index contributed by atoms with van der Waals surface area (Å²) in [7, 11) is 0. The Kier molecular flexibility index (Phi) is 5.68. The van der Waals surface area contributed by atoms with E-state index in [2.05, 4.69) is 25.8 Å². The number of aromatic nitrogens is 3. The molecule has 0 aliphatic rings. The van der Waals surface area contributed by atoms with Gasteiger partial charge in [0.25, 0.3) is 5.22 Å². The molecule has 2 N–H and O–H groups in total. The Labute approximate surface area is 150 Å². The van der Waals surface area contributed by atoms with Gasteiger partial charge < -0.3 is 15.1 Å². The largest absolute Gasteiger partial charge is 0.414 e. The molecule has 3 rings (SSSR count). The fraction of sp³-hybridized carbons (Fsp3) is 0.143. The molecule has 0 saturated heterocycles. The first-order valence-corrected chi connectivity index (χ1v) is 9.07. The molecule has 124 valence electrons. The number of rotatable bonds is 7. The molecule has 0 atom stereocenters. The van der Waals surface area contributed by atoms with Gasteiger partial charge in [-0.05, 0) is 24.3 Å². The van der Waals surface area contributed by atoms with Crippen molar-refractivity contribution in [3.05, 3.63) is 46.8 Å². The predicted molar refractivity (Wildman–Crippen MR) is 94.5 cm³/mol. The van der Waals surface area contributed by atoms with Crippen LogP contribution in [0.2, 0.25) is 5.02 Å². The molecule has 0 aliphatic heterocycles. The maximum atomic E-state index is 11.8. The number of carbonyl (C=O) groups excluding carboxylic acids is 1. The number of nitrogens with one attached hydrogen (secondary N) is 2. The predicted octanol–water partition coefficient (Wildman–Crippen LogP) is 3.52. The minimum atomic E-state index is -0.172. The van der Waals surface area contributed by atoms with Crippen molar-refractivity contribution in [2.45, 2.75) is 11.8 Å². The number of halogens is 1. The van der Waals surface area contributed by atoms with Crippen molar-refractivity contribution in [3.63, 3.8) is 0 Å². The highest BCUT2D eigenvalue weighted by atomic mass is 35.5. The number of benzene rings is 1. The SMILES string of the molecule is O=C(CSc1nnc(CNc2ccc(Cl)cc2)o1)Nc1nccs1. The monoisotopic (exact) mass is 381 g/mol. The number of amides is 1. The summed E-state index contributed by atoms with van der Waals surface area (Å²) in [4.78, 5) is 15.7. The molecule has 0 unspecified atom stereocenters. The van der Waals surface area contributed by atoms with Gasteiger partial charge in [-0.25, -0.2) is 4.98 Å². The van der Waals surface area contributed by atoms with E-state index >= 15 is 0 Å². The zero-order valence-corrected chi connectivity index (χ0v) is 14.6. The van der Waals surface area contributed by atoms with Gasteiger partial charge in [0.1, 0.15) is 0 Å². The van der Waals surface area contributed by atoms with Gasteiger partial charge in [0.05, 0.1) is 12.3 Å². The number of carbonyl (C=O) groups is 1. The zero-order valence-electron chi connectivity index (χ0n) is 12.2. The molecular weight excluding hydrogens is 370 g/mol. The van der Waals surface area contributed by atoms with Crippen LogP contribution in [0.25, 0.3) is 0 Å². The fourth-order valence-electron chi connectivity index (χ4n) is 1.68. The molecule has 0 saturated carbocycles. The second kappa shape index (κ2) is 8.13. The second-order valence-electron chi connectivity index (χ2n) is 4.50. The second-order valence-corrected chi connectivity index (χ2v) is 6.75. The summed E-state index contributed by atoms with van der Waals surface area (Å²) in [5, 5.41) is 17.0. The van der Waals surface area contributed by atoms with E-state index in [0.717, 1.165) is 5.69 Å². The third-order valence-corrected chi connectivity index (χ3v) is 4.50. The molecule has 0 spiro atoms. The first kappa shape index (κ1) is 16.7. The lowest BCUT2D eigenvalue weighted by molar-refractivity contribution is -0.113. The van der Waals surface area contributed by atoms with Crippen molar-refractivity contribution in [1.82, 2.24) is 15.2 Å². The molecular formula is C14H12ClN5O2S2. The summed E-state index contributed by atoms with van der Waals surface area (Å²) >= 11 is 8.37. The average molecular weight is 382 g/mol. The van der Waals surface area contributed by atoms with Crippen LogP contribution < -0.4 is 10.6 Å². The van der Waals surface area contributed by atoms with Crippen molar-refractivity contribution >= 4 is 51.4 Å². The smallest absolute Gasteiger partial charge is 0.277 e. The van der Waals surface area contributed by atoms with Crippen LogP contribution in [-0.2, 0) is 11.3 Å². The summed E-state index contributed by atoms with van der Waals surface area (Å²) in [6, 6.07) is 7.30. The van der Waals surface area contributed by atoms with E-state index < -0.39 is 0 Å². The molecule has 2 heterocycles. The number of thioether (sulfide) groups is 1. The van der Waals surface area contributed by atoms with Crippen LogP contribution in [0.1, 0.15) is 5.89 Å². The first-order chi connectivity index (χ1) is 11.7. The van der Waals surface area contributed by atoms with E-state index in [1.54, 1.807) is 23.7 Å². The molecule has 0 fully saturated rings. The van der Waals surface area contributed by atoms with Gasteiger partial charge in [-0.2, -0.15) is 0 Å². The van der Waals surface area contributed by atoms with E-state index in [4.69, 9.17) is 16.0 Å². The van der Waals surface area contributed by atoms with Crippen molar-refractivity contribution in [2.24, 2.45) is 0 Å². The van der Waals surface area contributed by atoms with E-state index in [1.165, 1.54) is 23.1 Å². The summed E-state index contributed by atoms with van der Waals surface area (Å²) in [5.41, 5.74) is 0.898. The van der Waals surface area contributed by atoms with Crippen molar-refractivity contribution < 1.29 is 9.21 Å². The van der Waals surface area contributed by atoms with Gasteiger partial charge in [-0.3, -0.25) is 4.79 Å². The minimum Gasteiger partial charge on any atom is -0.414 e. The van der Waals surface area contributed by atoms with E-state index in [9.17, 15) is 4.79 Å². The highest BCUT2D eigenvalue weighted by Crippen LogP contribution is 2.18. The molecule has 10 heteroatoms. The average Bonchev–Trinajstić information content (AvgIpc) is 3.24. The van der Waals surface area contributed by atoms with Crippen LogP contribution in [-0.4, -0.2) is 26.8 Å². The molecule has 2 aromatic heterocycles. The highest BCUT2D eigenvalue weighted by molar-refractivity contribution is 7.99. The maximum absolute atomic E-state index is 11.8. The lowest BCUT2D eigenvalue weighted by atomic mass is 10.3. The molecule has 0 aliphatic carbocycles. The Bertz CT molecular complexity index is 792. The number of thiazole rings is 1. The summed E-state index contributed by atoms with van der Waals surface area (Å²) in [6.45, 7) is 0.389. The van der Waals surface area contributed by atoms with E-state index in [-0.39, 0.29) is 11.7 Å². The van der Waals surface area contributed by atoms with Crippen LogP contribution in [0, 0.1) is 0 Å². The highest BCUT2D eigenvalue weighted by Gasteiger charge is 2.10. The minimum absolute atomic E-state index is 0.172. The van der Waals surface area contributed by atoms with Gasteiger partial charge >= 0.3 is 0 Å². The van der Waals surface area contributed by atoms with Gasteiger partial charge in [0.15, 0.2) is 5.13 Å². The topological polar surface area (TPSA) is 92.9 Å². The molecule has 7 nitrogen and oxygen atoms in total. The van der Waals surface area contributed by atoms with Crippen LogP contribution >= 0.6 is 34.7 Å². The van der Waals surface area contributed by atoms with Crippen molar-refractivity contribution in [3.8, 4) is 0 Å². The van der Waals surface area contributed by atoms with Crippen LogP contribution in [0.4, 0.5) is 10.8 Å².